The van der Waals surface area contributed by atoms with Gasteiger partial charge in [0.15, 0.2) is 0 Å². The van der Waals surface area contributed by atoms with Crippen molar-refractivity contribution < 1.29 is 9.31 Å². The van der Waals surface area contributed by atoms with Crippen molar-refractivity contribution in [2.45, 2.75) is 0 Å². The second-order valence-electron chi connectivity index (χ2n) is 1.95. The van der Waals surface area contributed by atoms with Gasteiger partial charge in [0.2, 0.25) is 0 Å². The molecule has 1 aromatic carbocycles. The van der Waals surface area contributed by atoms with Crippen LogP contribution in [0, 0.1) is 19.5 Å². The Kier molecular flexibility index (Phi) is 2.84. The highest BCUT2D eigenvalue weighted by atomic mass is 127. The summed E-state index contributed by atoms with van der Waals surface area (Å²) in [4.78, 5) is 9.64. The minimum absolute atomic E-state index is 0.0502. The molecule has 64 valence electrons. The van der Waals surface area contributed by atoms with Crippen LogP contribution in [0.15, 0.2) is 12.1 Å². The maximum atomic E-state index is 12.7. The summed E-state index contributed by atoms with van der Waals surface area (Å²) in [6.07, 6.45) is 0. The highest BCUT2D eigenvalue weighted by Crippen LogP contribution is 2.30. The Bertz CT molecular complexity index is 345. The average Bonchev–Trinajstić information content (AvgIpc) is 1.97. The summed E-state index contributed by atoms with van der Waals surface area (Å²) in [7, 11) is 0. The predicted molar refractivity (Wildman–Crippen MR) is 50.8 cm³/mol. The van der Waals surface area contributed by atoms with Gasteiger partial charge in [0.1, 0.15) is 14.4 Å². The van der Waals surface area contributed by atoms with Gasteiger partial charge in [0.05, 0.1) is 4.92 Å². The Balaban J connectivity index is 3.43. The van der Waals surface area contributed by atoms with E-state index in [-0.39, 0.29) is 14.3 Å². The molecule has 3 nitrogen and oxygen atoms in total. The number of rotatable bonds is 1. The summed E-state index contributed by atoms with van der Waals surface area (Å²) >= 11 is 7.03. The molecule has 0 bridgehead atoms. The van der Waals surface area contributed by atoms with Gasteiger partial charge >= 0.3 is 5.69 Å². The van der Waals surface area contributed by atoms with Gasteiger partial charge in [-0.1, -0.05) is 11.6 Å². The highest BCUT2D eigenvalue weighted by Gasteiger charge is 2.19. The molecule has 0 aromatic heterocycles. The molecule has 6 heteroatoms. The molecule has 1 aromatic rings. The van der Waals surface area contributed by atoms with E-state index in [1.54, 1.807) is 22.6 Å². The number of benzene rings is 1. The van der Waals surface area contributed by atoms with Crippen LogP contribution < -0.4 is 0 Å². The molecule has 0 radical (unpaired) electrons. The normalized spacial score (nSPS) is 9.92. The number of hydrogen-bond acceptors (Lipinski definition) is 2. The fourth-order valence-corrected chi connectivity index (χ4v) is 1.74. The summed E-state index contributed by atoms with van der Waals surface area (Å²) in [5.74, 6) is -0.633. The third kappa shape index (κ3) is 1.66. The van der Waals surface area contributed by atoms with Crippen LogP contribution in [0.4, 0.5) is 10.1 Å². The molecular formula is C6H2ClFINO2. The molecule has 0 saturated heterocycles. The van der Waals surface area contributed by atoms with Crippen LogP contribution in [-0.4, -0.2) is 4.92 Å². The smallest absolute Gasteiger partial charge is 0.258 e. The van der Waals surface area contributed by atoms with Crippen molar-refractivity contribution in [3.63, 3.8) is 0 Å². The number of nitro groups is 1. The molecular weight excluding hydrogens is 299 g/mol. The molecule has 0 spiro atoms. The fraction of sp³-hybridized carbons (Fsp3) is 0. The van der Waals surface area contributed by atoms with E-state index in [0.717, 1.165) is 12.1 Å². The van der Waals surface area contributed by atoms with E-state index in [0.29, 0.717) is 0 Å². The maximum absolute atomic E-state index is 12.7. The monoisotopic (exact) mass is 301 g/mol. The predicted octanol–water partition coefficient (Wildman–Crippen LogP) is 2.99. The lowest BCUT2D eigenvalue weighted by atomic mass is 10.3. The van der Waals surface area contributed by atoms with Crippen LogP contribution in [-0.2, 0) is 0 Å². The first-order chi connectivity index (χ1) is 5.54. The van der Waals surface area contributed by atoms with Crippen LogP contribution >= 0.6 is 34.2 Å². The summed E-state index contributed by atoms with van der Waals surface area (Å²) in [5.41, 5.74) is -0.378. The van der Waals surface area contributed by atoms with E-state index >= 15 is 0 Å². The van der Waals surface area contributed by atoms with Gasteiger partial charge in [-0.05, 0) is 34.7 Å². The Labute approximate surface area is 85.8 Å². The maximum Gasteiger partial charge on any atom is 0.304 e. The topological polar surface area (TPSA) is 43.1 Å². The SMILES string of the molecule is O=[N+]([O-])c1c(Cl)ccc(F)c1I. The molecule has 0 N–H and O–H groups in total. The van der Waals surface area contributed by atoms with Crippen molar-refractivity contribution >= 4 is 39.9 Å². The van der Waals surface area contributed by atoms with E-state index in [1.165, 1.54) is 0 Å². The lowest BCUT2D eigenvalue weighted by Crippen LogP contribution is -1.95. The minimum atomic E-state index is -0.701. The van der Waals surface area contributed by atoms with Gasteiger partial charge in [0.25, 0.3) is 0 Å². The zero-order valence-electron chi connectivity index (χ0n) is 5.55. The minimum Gasteiger partial charge on any atom is -0.258 e. The Morgan fingerprint density at radius 2 is 2.17 bits per heavy atom. The van der Waals surface area contributed by atoms with E-state index in [9.17, 15) is 14.5 Å². The van der Waals surface area contributed by atoms with E-state index < -0.39 is 10.7 Å². The second-order valence-corrected chi connectivity index (χ2v) is 3.43. The average molecular weight is 301 g/mol. The largest absolute Gasteiger partial charge is 0.304 e. The van der Waals surface area contributed by atoms with Crippen LogP contribution in [0.2, 0.25) is 5.02 Å². The van der Waals surface area contributed by atoms with Crippen molar-refractivity contribution in [1.82, 2.24) is 0 Å². The molecule has 0 atom stereocenters. The number of nitro benzene ring substituents is 1. The highest BCUT2D eigenvalue weighted by molar-refractivity contribution is 14.1. The van der Waals surface area contributed by atoms with E-state index in [1.807, 2.05) is 0 Å². The van der Waals surface area contributed by atoms with Crippen molar-refractivity contribution in [2.24, 2.45) is 0 Å². The molecule has 1 rings (SSSR count). The van der Waals surface area contributed by atoms with Crippen molar-refractivity contribution in [2.75, 3.05) is 0 Å². The van der Waals surface area contributed by atoms with E-state index in [4.69, 9.17) is 11.6 Å². The number of halogens is 3. The first-order valence-electron chi connectivity index (χ1n) is 2.82. The first kappa shape index (κ1) is 9.66. The van der Waals surface area contributed by atoms with Gasteiger partial charge in [-0.15, -0.1) is 0 Å². The lowest BCUT2D eigenvalue weighted by molar-refractivity contribution is -0.385. The summed E-state index contributed by atoms with van der Waals surface area (Å²) < 4.78 is 12.7. The van der Waals surface area contributed by atoms with Crippen LogP contribution in [0.3, 0.4) is 0 Å². The van der Waals surface area contributed by atoms with Crippen molar-refractivity contribution in [3.8, 4) is 0 Å². The van der Waals surface area contributed by atoms with E-state index in [2.05, 4.69) is 0 Å². The third-order valence-electron chi connectivity index (χ3n) is 1.20. The summed E-state index contributed by atoms with van der Waals surface area (Å²) in [6, 6.07) is 2.26. The Morgan fingerprint density at radius 1 is 1.58 bits per heavy atom. The molecule has 0 aliphatic carbocycles. The summed E-state index contributed by atoms with van der Waals surface area (Å²) in [5, 5.41) is 10.3. The summed E-state index contributed by atoms with van der Waals surface area (Å²) in [6.45, 7) is 0. The molecule has 0 aliphatic heterocycles. The first-order valence-corrected chi connectivity index (χ1v) is 4.27. The quantitative estimate of drug-likeness (QED) is 0.346. The van der Waals surface area contributed by atoms with Gasteiger partial charge in [-0.2, -0.15) is 0 Å². The molecule has 0 amide bonds. The molecule has 0 aliphatic rings. The van der Waals surface area contributed by atoms with Crippen LogP contribution in [0.5, 0.6) is 0 Å². The van der Waals surface area contributed by atoms with Gasteiger partial charge < -0.3 is 0 Å². The van der Waals surface area contributed by atoms with Gasteiger partial charge in [-0.3, -0.25) is 10.1 Å². The number of nitrogens with zero attached hydrogens (tertiary/aromatic N) is 1. The molecule has 0 fully saturated rings. The zero-order valence-corrected chi connectivity index (χ0v) is 8.47. The second kappa shape index (κ2) is 3.53. The van der Waals surface area contributed by atoms with Crippen LogP contribution in [0.1, 0.15) is 0 Å². The molecule has 0 unspecified atom stereocenters. The fourth-order valence-electron chi connectivity index (χ4n) is 0.684. The van der Waals surface area contributed by atoms with Crippen LogP contribution in [0.25, 0.3) is 0 Å². The molecule has 0 heterocycles. The van der Waals surface area contributed by atoms with Crippen molar-refractivity contribution in [1.29, 1.82) is 0 Å². The molecule has 12 heavy (non-hydrogen) atoms. The standard InChI is InChI=1S/C6H2ClFINO2/c7-3-1-2-4(8)5(9)6(3)10(11)12/h1-2H. The zero-order chi connectivity index (χ0) is 9.30. The van der Waals surface area contributed by atoms with Crippen molar-refractivity contribution in [3.05, 3.63) is 36.7 Å². The van der Waals surface area contributed by atoms with Gasteiger partial charge in [0, 0.05) is 0 Å². The van der Waals surface area contributed by atoms with Gasteiger partial charge in [-0.25, -0.2) is 4.39 Å². The molecule has 0 saturated carbocycles. The third-order valence-corrected chi connectivity index (χ3v) is 2.53. The number of hydrogen-bond donors (Lipinski definition) is 0. The lowest BCUT2D eigenvalue weighted by Gasteiger charge is -1.97. The Hall–Kier alpha value is -0.430. The Morgan fingerprint density at radius 3 is 2.58 bits per heavy atom.